The molecule has 0 spiro atoms. The highest BCUT2D eigenvalue weighted by Gasteiger charge is 2.20. The fraction of sp³-hybridized carbons (Fsp3) is 0.333. The quantitative estimate of drug-likeness (QED) is 0.760. The number of benzene rings is 1. The standard InChI is InChI=1S/C12H14ClN3/c1-12(2,3)9-5-4-6-10(13)11(9)16-8-14-7-15-16/h4-8H,1-3H3. The minimum atomic E-state index is 0.0200. The lowest BCUT2D eigenvalue weighted by atomic mass is 9.86. The average Bonchev–Trinajstić information content (AvgIpc) is 2.68. The molecule has 16 heavy (non-hydrogen) atoms. The van der Waals surface area contributed by atoms with E-state index in [0.717, 1.165) is 11.3 Å². The van der Waals surface area contributed by atoms with E-state index in [4.69, 9.17) is 11.6 Å². The zero-order valence-electron chi connectivity index (χ0n) is 9.61. The summed E-state index contributed by atoms with van der Waals surface area (Å²) >= 11 is 6.24. The summed E-state index contributed by atoms with van der Waals surface area (Å²) in [5.41, 5.74) is 2.09. The third-order valence-electron chi connectivity index (χ3n) is 2.44. The largest absolute Gasteiger partial charge is 0.223 e. The van der Waals surface area contributed by atoms with Gasteiger partial charge in [0, 0.05) is 0 Å². The van der Waals surface area contributed by atoms with Gasteiger partial charge in [0.25, 0.3) is 0 Å². The van der Waals surface area contributed by atoms with Gasteiger partial charge in [-0.3, -0.25) is 0 Å². The van der Waals surface area contributed by atoms with Crippen LogP contribution in [0.25, 0.3) is 5.69 Å². The average molecular weight is 236 g/mol. The first-order chi connectivity index (χ1) is 7.50. The Morgan fingerprint density at radius 2 is 2.00 bits per heavy atom. The molecular weight excluding hydrogens is 222 g/mol. The van der Waals surface area contributed by atoms with Gasteiger partial charge in [0.2, 0.25) is 0 Å². The molecular formula is C12H14ClN3. The molecule has 84 valence electrons. The monoisotopic (exact) mass is 235 g/mol. The highest BCUT2D eigenvalue weighted by molar-refractivity contribution is 6.32. The Bertz CT molecular complexity index is 483. The van der Waals surface area contributed by atoms with Crippen LogP contribution >= 0.6 is 11.6 Å². The highest BCUT2D eigenvalue weighted by atomic mass is 35.5. The SMILES string of the molecule is CC(C)(C)c1cccc(Cl)c1-n1cncn1. The van der Waals surface area contributed by atoms with Crippen molar-refractivity contribution in [2.45, 2.75) is 26.2 Å². The first kappa shape index (κ1) is 11.1. The molecule has 0 amide bonds. The maximum Gasteiger partial charge on any atom is 0.138 e. The van der Waals surface area contributed by atoms with Gasteiger partial charge in [-0.05, 0) is 17.0 Å². The molecule has 0 radical (unpaired) electrons. The van der Waals surface area contributed by atoms with Crippen LogP contribution in [-0.2, 0) is 5.41 Å². The van der Waals surface area contributed by atoms with E-state index in [1.807, 2.05) is 12.1 Å². The van der Waals surface area contributed by atoms with Crippen molar-refractivity contribution in [3.05, 3.63) is 41.4 Å². The first-order valence-corrected chi connectivity index (χ1v) is 5.52. The Labute approximate surface area is 100 Å². The highest BCUT2D eigenvalue weighted by Crippen LogP contribution is 2.32. The van der Waals surface area contributed by atoms with Gasteiger partial charge < -0.3 is 0 Å². The summed E-state index contributed by atoms with van der Waals surface area (Å²) in [6, 6.07) is 5.90. The Balaban J connectivity index is 2.68. The van der Waals surface area contributed by atoms with Crippen LogP contribution in [0.5, 0.6) is 0 Å². The molecule has 0 N–H and O–H groups in total. The summed E-state index contributed by atoms with van der Waals surface area (Å²) in [5, 5.41) is 4.84. The Morgan fingerprint density at radius 3 is 2.56 bits per heavy atom. The molecule has 0 aliphatic rings. The molecule has 0 fully saturated rings. The van der Waals surface area contributed by atoms with Crippen molar-refractivity contribution in [1.82, 2.24) is 14.8 Å². The molecule has 0 atom stereocenters. The number of aromatic nitrogens is 3. The summed E-state index contributed by atoms with van der Waals surface area (Å²) in [5.74, 6) is 0. The summed E-state index contributed by atoms with van der Waals surface area (Å²) < 4.78 is 1.71. The van der Waals surface area contributed by atoms with E-state index < -0.39 is 0 Å². The second kappa shape index (κ2) is 3.91. The van der Waals surface area contributed by atoms with E-state index in [2.05, 4.69) is 36.9 Å². The van der Waals surface area contributed by atoms with Gasteiger partial charge in [-0.15, -0.1) is 0 Å². The fourth-order valence-corrected chi connectivity index (χ4v) is 1.94. The maximum atomic E-state index is 6.24. The van der Waals surface area contributed by atoms with Crippen LogP contribution in [0, 0.1) is 0 Å². The number of hydrogen-bond donors (Lipinski definition) is 0. The van der Waals surface area contributed by atoms with Crippen molar-refractivity contribution in [2.75, 3.05) is 0 Å². The minimum absolute atomic E-state index is 0.0200. The van der Waals surface area contributed by atoms with Crippen LogP contribution in [0.2, 0.25) is 5.02 Å². The second-order valence-corrected chi connectivity index (χ2v) is 5.13. The molecule has 2 rings (SSSR count). The Morgan fingerprint density at radius 1 is 1.25 bits per heavy atom. The molecule has 1 aromatic heterocycles. The van der Waals surface area contributed by atoms with Gasteiger partial charge in [0.15, 0.2) is 0 Å². The molecule has 0 unspecified atom stereocenters. The lowest BCUT2D eigenvalue weighted by Gasteiger charge is -2.23. The minimum Gasteiger partial charge on any atom is -0.223 e. The zero-order valence-corrected chi connectivity index (χ0v) is 10.4. The molecule has 4 heteroatoms. The van der Waals surface area contributed by atoms with Crippen LogP contribution in [0.3, 0.4) is 0 Å². The van der Waals surface area contributed by atoms with E-state index in [1.54, 1.807) is 11.0 Å². The van der Waals surface area contributed by atoms with Crippen LogP contribution in [0.4, 0.5) is 0 Å². The Hall–Kier alpha value is -1.35. The maximum absolute atomic E-state index is 6.24. The predicted molar refractivity (Wildman–Crippen MR) is 65.1 cm³/mol. The summed E-state index contributed by atoms with van der Waals surface area (Å²) in [6.45, 7) is 6.46. The Kier molecular flexibility index (Phi) is 2.72. The van der Waals surface area contributed by atoms with Crippen LogP contribution in [0.1, 0.15) is 26.3 Å². The fourth-order valence-electron chi connectivity index (χ4n) is 1.68. The number of rotatable bonds is 1. The molecule has 1 heterocycles. The zero-order chi connectivity index (χ0) is 11.8. The van der Waals surface area contributed by atoms with Crippen molar-refractivity contribution in [3.8, 4) is 5.69 Å². The van der Waals surface area contributed by atoms with Crippen molar-refractivity contribution in [1.29, 1.82) is 0 Å². The molecule has 3 nitrogen and oxygen atoms in total. The van der Waals surface area contributed by atoms with Gasteiger partial charge in [-0.25, -0.2) is 9.67 Å². The van der Waals surface area contributed by atoms with E-state index in [9.17, 15) is 0 Å². The third kappa shape index (κ3) is 1.95. The van der Waals surface area contributed by atoms with E-state index in [0.29, 0.717) is 5.02 Å². The summed E-state index contributed by atoms with van der Waals surface area (Å²) in [7, 11) is 0. The van der Waals surface area contributed by atoms with Gasteiger partial charge >= 0.3 is 0 Å². The molecule has 1 aromatic carbocycles. The normalized spacial score (nSPS) is 11.8. The number of nitrogens with zero attached hydrogens (tertiary/aromatic N) is 3. The number of halogens is 1. The van der Waals surface area contributed by atoms with E-state index in [1.165, 1.54) is 6.33 Å². The molecule has 0 aliphatic carbocycles. The van der Waals surface area contributed by atoms with Crippen LogP contribution < -0.4 is 0 Å². The lowest BCUT2D eigenvalue weighted by molar-refractivity contribution is 0.583. The van der Waals surface area contributed by atoms with Crippen LogP contribution in [0.15, 0.2) is 30.9 Å². The first-order valence-electron chi connectivity index (χ1n) is 5.14. The second-order valence-electron chi connectivity index (χ2n) is 4.73. The van der Waals surface area contributed by atoms with Gasteiger partial charge in [0.1, 0.15) is 12.7 Å². The smallest absolute Gasteiger partial charge is 0.138 e. The van der Waals surface area contributed by atoms with Gasteiger partial charge in [-0.2, -0.15) is 5.10 Å². The molecule has 0 aliphatic heterocycles. The van der Waals surface area contributed by atoms with Crippen molar-refractivity contribution in [3.63, 3.8) is 0 Å². The molecule has 0 saturated heterocycles. The lowest BCUT2D eigenvalue weighted by Crippen LogP contribution is -2.15. The number of para-hydroxylation sites is 1. The number of hydrogen-bond acceptors (Lipinski definition) is 2. The van der Waals surface area contributed by atoms with Crippen LogP contribution in [-0.4, -0.2) is 14.8 Å². The summed E-state index contributed by atoms with van der Waals surface area (Å²) in [6.07, 6.45) is 3.17. The van der Waals surface area contributed by atoms with Crippen molar-refractivity contribution >= 4 is 11.6 Å². The van der Waals surface area contributed by atoms with Crippen molar-refractivity contribution in [2.24, 2.45) is 0 Å². The van der Waals surface area contributed by atoms with Gasteiger partial charge in [0.05, 0.1) is 10.7 Å². The molecule has 0 saturated carbocycles. The molecule has 0 bridgehead atoms. The van der Waals surface area contributed by atoms with E-state index >= 15 is 0 Å². The van der Waals surface area contributed by atoms with E-state index in [-0.39, 0.29) is 5.41 Å². The molecule has 2 aromatic rings. The van der Waals surface area contributed by atoms with Gasteiger partial charge in [-0.1, -0.05) is 44.5 Å². The predicted octanol–water partition coefficient (Wildman–Crippen LogP) is 3.22. The topological polar surface area (TPSA) is 30.7 Å². The summed E-state index contributed by atoms with van der Waals surface area (Å²) in [4.78, 5) is 3.96. The van der Waals surface area contributed by atoms with Crippen molar-refractivity contribution < 1.29 is 0 Å². The third-order valence-corrected chi connectivity index (χ3v) is 2.75.